The molecule has 0 aliphatic rings. The summed E-state index contributed by atoms with van der Waals surface area (Å²) in [6, 6.07) is 11.6. The number of hydrogen-bond acceptors (Lipinski definition) is 2. The lowest BCUT2D eigenvalue weighted by Gasteiger charge is -2.20. The van der Waals surface area contributed by atoms with Gasteiger partial charge in [0.05, 0.1) is 6.04 Å². The van der Waals surface area contributed by atoms with Gasteiger partial charge in [-0.05, 0) is 54.3 Å². The maximum Gasteiger partial charge on any atom is 0.0504 e. The molecule has 0 aliphatic heterocycles. The first-order chi connectivity index (χ1) is 9.52. The highest BCUT2D eigenvalue weighted by molar-refractivity contribution is 9.10. The second-order valence-electron chi connectivity index (χ2n) is 4.62. The quantitative estimate of drug-likeness (QED) is 0.596. The van der Waals surface area contributed by atoms with Crippen LogP contribution in [0.3, 0.4) is 0 Å². The Morgan fingerprint density at radius 2 is 1.85 bits per heavy atom. The molecule has 2 aromatic carbocycles. The minimum absolute atomic E-state index is 0.0510. The normalized spacial score (nSPS) is 12.4. The van der Waals surface area contributed by atoms with E-state index in [0.717, 1.165) is 15.6 Å². The SMILES string of the molecule is Cc1ccc(Br)cc1C(Cc1c(Cl)cccc1Cl)NN. The molecule has 0 saturated carbocycles. The number of halogens is 3. The first-order valence-corrected chi connectivity index (χ1v) is 7.73. The number of aryl methyl sites for hydroxylation is 1. The van der Waals surface area contributed by atoms with Gasteiger partial charge in [0.2, 0.25) is 0 Å². The zero-order chi connectivity index (χ0) is 14.7. The van der Waals surface area contributed by atoms with Gasteiger partial charge >= 0.3 is 0 Å². The summed E-state index contributed by atoms with van der Waals surface area (Å²) >= 11 is 15.9. The first-order valence-electron chi connectivity index (χ1n) is 6.18. The minimum atomic E-state index is -0.0510. The average Bonchev–Trinajstić information content (AvgIpc) is 2.42. The Morgan fingerprint density at radius 1 is 1.20 bits per heavy atom. The Labute approximate surface area is 137 Å². The fourth-order valence-electron chi connectivity index (χ4n) is 2.18. The minimum Gasteiger partial charge on any atom is -0.271 e. The number of hydrogen-bond donors (Lipinski definition) is 2. The van der Waals surface area contributed by atoms with Crippen LogP contribution in [-0.4, -0.2) is 0 Å². The predicted molar refractivity (Wildman–Crippen MR) is 89.1 cm³/mol. The largest absolute Gasteiger partial charge is 0.271 e. The molecule has 1 atom stereocenters. The molecule has 0 spiro atoms. The Balaban J connectivity index is 2.36. The maximum absolute atomic E-state index is 6.23. The van der Waals surface area contributed by atoms with E-state index in [1.54, 1.807) is 0 Å². The van der Waals surface area contributed by atoms with Crippen molar-refractivity contribution >= 4 is 39.1 Å². The van der Waals surface area contributed by atoms with Gasteiger partial charge in [0.15, 0.2) is 0 Å². The Bertz CT molecular complexity index is 597. The Kier molecular flexibility index (Phi) is 5.47. The van der Waals surface area contributed by atoms with E-state index in [0.29, 0.717) is 16.5 Å². The van der Waals surface area contributed by atoms with E-state index in [1.165, 1.54) is 5.56 Å². The summed E-state index contributed by atoms with van der Waals surface area (Å²) < 4.78 is 1.02. The van der Waals surface area contributed by atoms with E-state index < -0.39 is 0 Å². The van der Waals surface area contributed by atoms with Crippen molar-refractivity contribution in [2.75, 3.05) is 0 Å². The molecule has 2 rings (SSSR count). The molecule has 5 heteroatoms. The van der Waals surface area contributed by atoms with Crippen LogP contribution in [0, 0.1) is 6.92 Å². The smallest absolute Gasteiger partial charge is 0.0504 e. The highest BCUT2D eigenvalue weighted by Crippen LogP contribution is 2.31. The van der Waals surface area contributed by atoms with Crippen molar-refractivity contribution in [2.45, 2.75) is 19.4 Å². The van der Waals surface area contributed by atoms with Crippen LogP contribution >= 0.6 is 39.1 Å². The number of nitrogens with one attached hydrogen (secondary N) is 1. The number of hydrazine groups is 1. The lowest BCUT2D eigenvalue weighted by Crippen LogP contribution is -2.30. The summed E-state index contributed by atoms with van der Waals surface area (Å²) in [5.74, 6) is 5.72. The zero-order valence-electron chi connectivity index (χ0n) is 11.0. The zero-order valence-corrected chi connectivity index (χ0v) is 14.1. The van der Waals surface area contributed by atoms with E-state index in [4.69, 9.17) is 29.0 Å². The van der Waals surface area contributed by atoms with Crippen LogP contribution in [0.15, 0.2) is 40.9 Å². The van der Waals surface area contributed by atoms with Crippen LogP contribution in [0.2, 0.25) is 10.0 Å². The van der Waals surface area contributed by atoms with Crippen LogP contribution < -0.4 is 11.3 Å². The van der Waals surface area contributed by atoms with Gasteiger partial charge in [0.1, 0.15) is 0 Å². The molecule has 0 fully saturated rings. The Morgan fingerprint density at radius 3 is 2.45 bits per heavy atom. The van der Waals surface area contributed by atoms with Gasteiger partial charge in [0.25, 0.3) is 0 Å². The number of nitrogens with two attached hydrogens (primary N) is 1. The molecular formula is C15H15BrCl2N2. The highest BCUT2D eigenvalue weighted by Gasteiger charge is 2.17. The highest BCUT2D eigenvalue weighted by atomic mass is 79.9. The van der Waals surface area contributed by atoms with Gasteiger partial charge in [-0.1, -0.05) is 51.3 Å². The topological polar surface area (TPSA) is 38.0 Å². The molecule has 0 aromatic heterocycles. The van der Waals surface area contributed by atoms with Crippen molar-refractivity contribution in [3.63, 3.8) is 0 Å². The summed E-state index contributed by atoms with van der Waals surface area (Å²) in [7, 11) is 0. The molecule has 20 heavy (non-hydrogen) atoms. The monoisotopic (exact) mass is 372 g/mol. The van der Waals surface area contributed by atoms with Gasteiger partial charge in [0, 0.05) is 14.5 Å². The van der Waals surface area contributed by atoms with E-state index in [9.17, 15) is 0 Å². The summed E-state index contributed by atoms with van der Waals surface area (Å²) in [6.07, 6.45) is 0.631. The third-order valence-corrected chi connectivity index (χ3v) is 4.49. The van der Waals surface area contributed by atoms with Crippen molar-refractivity contribution in [3.8, 4) is 0 Å². The standard InChI is InChI=1S/C15H15BrCl2N2/c1-9-5-6-10(16)7-11(9)15(20-19)8-12-13(17)3-2-4-14(12)18/h2-7,15,20H,8,19H2,1H3. The van der Waals surface area contributed by atoms with Crippen molar-refractivity contribution in [1.29, 1.82) is 0 Å². The summed E-state index contributed by atoms with van der Waals surface area (Å²) in [5.41, 5.74) is 6.04. The molecule has 2 nitrogen and oxygen atoms in total. The second kappa shape index (κ2) is 6.92. The molecule has 0 amide bonds. The molecule has 3 N–H and O–H groups in total. The fourth-order valence-corrected chi connectivity index (χ4v) is 3.11. The van der Waals surface area contributed by atoms with Gasteiger partial charge in [-0.2, -0.15) is 0 Å². The third-order valence-electron chi connectivity index (χ3n) is 3.29. The Hall–Kier alpha value is -0.580. The molecule has 106 valence electrons. The van der Waals surface area contributed by atoms with Crippen LogP contribution in [0.25, 0.3) is 0 Å². The molecule has 0 bridgehead atoms. The van der Waals surface area contributed by atoms with Crippen LogP contribution in [0.4, 0.5) is 0 Å². The lowest BCUT2D eigenvalue weighted by molar-refractivity contribution is 0.549. The van der Waals surface area contributed by atoms with Gasteiger partial charge in [-0.25, -0.2) is 0 Å². The van der Waals surface area contributed by atoms with E-state index >= 15 is 0 Å². The van der Waals surface area contributed by atoms with Crippen LogP contribution in [0.5, 0.6) is 0 Å². The van der Waals surface area contributed by atoms with Crippen molar-refractivity contribution < 1.29 is 0 Å². The average molecular weight is 374 g/mol. The second-order valence-corrected chi connectivity index (χ2v) is 6.35. The number of rotatable bonds is 4. The molecule has 0 saturated heterocycles. The van der Waals surface area contributed by atoms with E-state index in [-0.39, 0.29) is 6.04 Å². The van der Waals surface area contributed by atoms with Gasteiger partial charge in [-0.3, -0.25) is 11.3 Å². The summed E-state index contributed by atoms with van der Waals surface area (Å²) in [5, 5.41) is 1.32. The van der Waals surface area contributed by atoms with E-state index in [2.05, 4.69) is 40.4 Å². The molecule has 0 heterocycles. The van der Waals surface area contributed by atoms with E-state index in [1.807, 2.05) is 24.3 Å². The van der Waals surface area contributed by atoms with Gasteiger partial charge in [-0.15, -0.1) is 0 Å². The lowest BCUT2D eigenvalue weighted by atomic mass is 9.96. The van der Waals surface area contributed by atoms with Crippen molar-refractivity contribution in [3.05, 3.63) is 67.6 Å². The van der Waals surface area contributed by atoms with Crippen LogP contribution in [-0.2, 0) is 6.42 Å². The summed E-state index contributed by atoms with van der Waals surface area (Å²) in [4.78, 5) is 0. The maximum atomic E-state index is 6.23. The van der Waals surface area contributed by atoms with Crippen molar-refractivity contribution in [2.24, 2.45) is 5.84 Å². The molecule has 2 aromatic rings. The molecular weight excluding hydrogens is 359 g/mol. The fraction of sp³-hybridized carbons (Fsp3) is 0.200. The summed E-state index contributed by atoms with van der Waals surface area (Å²) in [6.45, 7) is 2.06. The molecule has 1 unspecified atom stereocenters. The van der Waals surface area contributed by atoms with Crippen LogP contribution in [0.1, 0.15) is 22.7 Å². The molecule has 0 aliphatic carbocycles. The third kappa shape index (κ3) is 3.54. The number of benzene rings is 2. The predicted octanol–water partition coefficient (Wildman–Crippen LogP) is 4.81. The van der Waals surface area contributed by atoms with Gasteiger partial charge < -0.3 is 0 Å². The first kappa shape index (κ1) is 15.8. The molecule has 0 radical (unpaired) electrons. The van der Waals surface area contributed by atoms with Crippen molar-refractivity contribution in [1.82, 2.24) is 5.43 Å².